The average molecular weight is 267 g/mol. The van der Waals surface area contributed by atoms with Crippen LogP contribution in [0.2, 0.25) is 0 Å². The van der Waals surface area contributed by atoms with Gasteiger partial charge in [-0.05, 0) is 24.1 Å². The number of ether oxygens (including phenoxy) is 3. The summed E-state index contributed by atoms with van der Waals surface area (Å²) in [6.45, 7) is 2.87. The van der Waals surface area contributed by atoms with E-state index in [0.717, 1.165) is 23.5 Å². The highest BCUT2D eigenvalue weighted by molar-refractivity contribution is 7.80. The summed E-state index contributed by atoms with van der Waals surface area (Å²) >= 11 is 4.90. The first kappa shape index (κ1) is 13.1. The first-order chi connectivity index (χ1) is 8.69. The maximum Gasteiger partial charge on any atom is 0.231 e. The van der Waals surface area contributed by atoms with Crippen molar-refractivity contribution in [3.05, 3.63) is 23.8 Å². The lowest BCUT2D eigenvalue weighted by molar-refractivity contribution is 0.0432. The summed E-state index contributed by atoms with van der Waals surface area (Å²) in [5.74, 6) is 1.56. The third kappa shape index (κ3) is 3.34. The molecule has 0 saturated carbocycles. The van der Waals surface area contributed by atoms with Gasteiger partial charge in [-0.25, -0.2) is 0 Å². The highest BCUT2D eigenvalue weighted by Gasteiger charge is 2.14. The van der Waals surface area contributed by atoms with Crippen LogP contribution in [-0.4, -0.2) is 17.9 Å². The number of nitrogens with two attached hydrogens (primary N) is 1. The molecule has 0 spiro atoms. The van der Waals surface area contributed by atoms with Gasteiger partial charge < -0.3 is 19.9 Å². The van der Waals surface area contributed by atoms with E-state index in [0.29, 0.717) is 24.8 Å². The number of hydrogen-bond acceptors (Lipinski definition) is 4. The van der Waals surface area contributed by atoms with Gasteiger partial charge in [-0.1, -0.05) is 25.2 Å². The molecule has 4 nitrogen and oxygen atoms in total. The molecule has 1 heterocycles. The Labute approximate surface area is 112 Å². The zero-order valence-corrected chi connectivity index (χ0v) is 11.2. The third-order valence-corrected chi connectivity index (χ3v) is 2.97. The molecule has 1 unspecified atom stereocenters. The second-order valence-electron chi connectivity index (χ2n) is 4.20. The van der Waals surface area contributed by atoms with Crippen LogP contribution in [0, 0.1) is 0 Å². The van der Waals surface area contributed by atoms with Gasteiger partial charge in [0.25, 0.3) is 0 Å². The summed E-state index contributed by atoms with van der Waals surface area (Å²) in [6, 6.07) is 5.81. The van der Waals surface area contributed by atoms with Crippen molar-refractivity contribution in [2.45, 2.75) is 32.5 Å². The topological polar surface area (TPSA) is 53.7 Å². The zero-order valence-electron chi connectivity index (χ0n) is 10.3. The minimum atomic E-state index is 0.0768. The average Bonchev–Trinajstić information content (AvgIpc) is 2.81. The summed E-state index contributed by atoms with van der Waals surface area (Å²) in [6.07, 6.45) is 1.59. The maximum absolute atomic E-state index is 5.78. The smallest absolute Gasteiger partial charge is 0.231 e. The minimum Gasteiger partial charge on any atom is -0.454 e. The highest BCUT2D eigenvalue weighted by Crippen LogP contribution is 2.32. The predicted octanol–water partition coefficient (Wildman–Crippen LogP) is 2.39. The molecule has 0 aromatic heterocycles. The molecular weight excluding hydrogens is 250 g/mol. The summed E-state index contributed by atoms with van der Waals surface area (Å²) in [5, 5.41) is 0. The zero-order chi connectivity index (χ0) is 13.0. The molecule has 0 aliphatic carbocycles. The number of thiocarbonyl (C=S) groups is 1. The normalized spacial score (nSPS) is 14.5. The molecule has 1 aliphatic rings. The minimum absolute atomic E-state index is 0.0768. The van der Waals surface area contributed by atoms with E-state index >= 15 is 0 Å². The van der Waals surface area contributed by atoms with Crippen molar-refractivity contribution in [2.24, 2.45) is 5.73 Å². The van der Waals surface area contributed by atoms with Gasteiger partial charge in [-0.2, -0.15) is 0 Å². The molecule has 0 amide bonds. The van der Waals surface area contributed by atoms with E-state index in [1.54, 1.807) is 0 Å². The predicted molar refractivity (Wildman–Crippen MR) is 72.8 cm³/mol. The Kier molecular flexibility index (Phi) is 4.38. The van der Waals surface area contributed by atoms with Crippen molar-refractivity contribution in [3.8, 4) is 11.5 Å². The quantitative estimate of drug-likeness (QED) is 0.802. The molecule has 1 aliphatic heterocycles. The molecule has 1 aromatic rings. The number of fused-ring (bicyclic) bond motifs is 1. The van der Waals surface area contributed by atoms with E-state index in [1.165, 1.54) is 0 Å². The lowest BCUT2D eigenvalue weighted by atomic mass is 10.2. The van der Waals surface area contributed by atoms with Crippen LogP contribution >= 0.6 is 12.2 Å². The summed E-state index contributed by atoms with van der Waals surface area (Å²) in [4.78, 5) is 0.493. The summed E-state index contributed by atoms with van der Waals surface area (Å²) in [5.41, 5.74) is 6.58. The van der Waals surface area contributed by atoms with Gasteiger partial charge in [0.05, 0.1) is 17.7 Å². The van der Waals surface area contributed by atoms with E-state index in [-0.39, 0.29) is 6.10 Å². The summed E-state index contributed by atoms with van der Waals surface area (Å²) < 4.78 is 16.4. The fraction of sp³-hybridized carbons (Fsp3) is 0.462. The van der Waals surface area contributed by atoms with Crippen molar-refractivity contribution < 1.29 is 14.2 Å². The second-order valence-corrected chi connectivity index (χ2v) is 4.72. The van der Waals surface area contributed by atoms with Gasteiger partial charge in [0, 0.05) is 6.42 Å². The Morgan fingerprint density at radius 2 is 2.22 bits per heavy atom. The maximum atomic E-state index is 5.78. The molecule has 98 valence electrons. The molecule has 0 fully saturated rings. The van der Waals surface area contributed by atoms with Crippen molar-refractivity contribution in [3.63, 3.8) is 0 Å². The molecule has 0 bridgehead atoms. The molecule has 0 saturated heterocycles. The number of hydrogen-bond donors (Lipinski definition) is 1. The SMILES string of the molecule is CCC(CC(N)=S)OCc1ccc2c(c1)OCO2. The van der Waals surface area contributed by atoms with Gasteiger partial charge in [-0.15, -0.1) is 0 Å². The molecule has 18 heavy (non-hydrogen) atoms. The lowest BCUT2D eigenvalue weighted by Crippen LogP contribution is -2.20. The van der Waals surface area contributed by atoms with E-state index in [1.807, 2.05) is 18.2 Å². The molecule has 5 heteroatoms. The van der Waals surface area contributed by atoms with E-state index in [4.69, 9.17) is 32.2 Å². The first-order valence-electron chi connectivity index (χ1n) is 5.97. The molecule has 2 N–H and O–H groups in total. The van der Waals surface area contributed by atoms with Gasteiger partial charge in [0.15, 0.2) is 11.5 Å². The Bertz CT molecular complexity index is 436. The van der Waals surface area contributed by atoms with Gasteiger partial charge >= 0.3 is 0 Å². The van der Waals surface area contributed by atoms with Gasteiger partial charge in [0.1, 0.15) is 0 Å². The van der Waals surface area contributed by atoms with Crippen molar-refractivity contribution in [1.29, 1.82) is 0 Å². The molecule has 1 atom stereocenters. The van der Waals surface area contributed by atoms with Crippen LogP contribution < -0.4 is 15.2 Å². The standard InChI is InChI=1S/C13H17NO3S/c1-2-10(6-13(14)18)15-7-9-3-4-11-12(5-9)17-8-16-11/h3-5,10H,2,6-8H2,1H3,(H2,14,18). The Balaban J connectivity index is 1.91. The monoisotopic (exact) mass is 267 g/mol. The molecule has 1 aromatic carbocycles. The van der Waals surface area contributed by atoms with Crippen LogP contribution in [0.3, 0.4) is 0 Å². The van der Waals surface area contributed by atoms with E-state index < -0.39 is 0 Å². The fourth-order valence-electron chi connectivity index (χ4n) is 1.79. The van der Waals surface area contributed by atoms with E-state index in [2.05, 4.69) is 6.92 Å². The molecule has 2 rings (SSSR count). The van der Waals surface area contributed by atoms with Crippen LogP contribution in [0.1, 0.15) is 25.3 Å². The van der Waals surface area contributed by atoms with Gasteiger partial charge in [0.2, 0.25) is 6.79 Å². The lowest BCUT2D eigenvalue weighted by Gasteiger charge is -2.15. The third-order valence-electron chi connectivity index (χ3n) is 2.81. The van der Waals surface area contributed by atoms with Crippen molar-refractivity contribution >= 4 is 17.2 Å². The van der Waals surface area contributed by atoms with Gasteiger partial charge in [-0.3, -0.25) is 0 Å². The Hall–Kier alpha value is -1.33. The van der Waals surface area contributed by atoms with Crippen LogP contribution in [0.15, 0.2) is 18.2 Å². The fourth-order valence-corrected chi connectivity index (χ4v) is 1.98. The van der Waals surface area contributed by atoms with Crippen molar-refractivity contribution in [2.75, 3.05) is 6.79 Å². The van der Waals surface area contributed by atoms with Crippen LogP contribution in [-0.2, 0) is 11.3 Å². The Morgan fingerprint density at radius 3 is 2.94 bits per heavy atom. The van der Waals surface area contributed by atoms with Crippen LogP contribution in [0.25, 0.3) is 0 Å². The highest BCUT2D eigenvalue weighted by atomic mass is 32.1. The van der Waals surface area contributed by atoms with E-state index in [9.17, 15) is 0 Å². The van der Waals surface area contributed by atoms with Crippen molar-refractivity contribution in [1.82, 2.24) is 0 Å². The number of benzene rings is 1. The summed E-state index contributed by atoms with van der Waals surface area (Å²) in [7, 11) is 0. The molecular formula is C13H17NO3S. The first-order valence-corrected chi connectivity index (χ1v) is 6.38. The number of rotatable bonds is 6. The largest absolute Gasteiger partial charge is 0.454 e. The van der Waals surface area contributed by atoms with Crippen LogP contribution in [0.4, 0.5) is 0 Å². The van der Waals surface area contributed by atoms with Crippen LogP contribution in [0.5, 0.6) is 11.5 Å². The molecule has 0 radical (unpaired) electrons. The Morgan fingerprint density at radius 1 is 1.44 bits per heavy atom. The second kappa shape index (κ2) is 6.02.